The summed E-state index contributed by atoms with van der Waals surface area (Å²) in [6.07, 6.45) is 2.03. The molecule has 0 spiro atoms. The Balaban J connectivity index is 3.59. The van der Waals surface area contributed by atoms with Gasteiger partial charge in [-0.15, -0.1) is 0 Å². The number of carboxylic acids is 1. The van der Waals surface area contributed by atoms with Crippen LogP contribution in [0.5, 0.6) is 0 Å². The zero-order valence-corrected chi connectivity index (χ0v) is 9.75. The van der Waals surface area contributed by atoms with E-state index < -0.39 is 5.97 Å². The van der Waals surface area contributed by atoms with Crippen molar-refractivity contribution in [2.45, 2.75) is 52.5 Å². The topological polar surface area (TPSA) is 66.4 Å². The van der Waals surface area contributed by atoms with E-state index in [1.807, 2.05) is 20.8 Å². The summed E-state index contributed by atoms with van der Waals surface area (Å²) in [5.74, 6) is -0.375. The molecule has 4 nitrogen and oxygen atoms in total. The molecule has 0 aromatic carbocycles. The first-order valence-electron chi connectivity index (χ1n) is 5.43. The molecule has 0 saturated carbocycles. The highest BCUT2D eigenvalue weighted by Gasteiger charge is 2.09. The molecule has 0 aliphatic rings. The number of carbonyl (C=O) groups is 2. The van der Waals surface area contributed by atoms with Crippen LogP contribution in [0.3, 0.4) is 0 Å². The number of hydrogen-bond donors (Lipinski definition) is 2. The molecule has 0 rings (SSSR count). The van der Waals surface area contributed by atoms with Gasteiger partial charge < -0.3 is 10.4 Å². The van der Waals surface area contributed by atoms with Gasteiger partial charge in [0.2, 0.25) is 5.91 Å². The zero-order chi connectivity index (χ0) is 11.8. The first-order valence-corrected chi connectivity index (χ1v) is 5.43. The third-order valence-corrected chi connectivity index (χ3v) is 2.03. The number of rotatable bonds is 7. The minimum absolute atomic E-state index is 0.0489. The van der Waals surface area contributed by atoms with Gasteiger partial charge >= 0.3 is 5.97 Å². The van der Waals surface area contributed by atoms with Crippen LogP contribution in [0, 0.1) is 5.92 Å². The molecule has 0 aromatic heterocycles. The van der Waals surface area contributed by atoms with Crippen molar-refractivity contribution in [3.63, 3.8) is 0 Å². The van der Waals surface area contributed by atoms with Crippen molar-refractivity contribution in [3.05, 3.63) is 0 Å². The Morgan fingerprint density at radius 1 is 1.27 bits per heavy atom. The van der Waals surface area contributed by atoms with Crippen molar-refractivity contribution < 1.29 is 14.7 Å². The van der Waals surface area contributed by atoms with Crippen LogP contribution in [0.2, 0.25) is 0 Å². The number of amides is 1. The van der Waals surface area contributed by atoms with Crippen molar-refractivity contribution in [1.29, 1.82) is 0 Å². The van der Waals surface area contributed by atoms with E-state index in [1.165, 1.54) is 0 Å². The molecule has 0 bridgehead atoms. The second-order valence-corrected chi connectivity index (χ2v) is 4.35. The van der Waals surface area contributed by atoms with Gasteiger partial charge in [0.25, 0.3) is 0 Å². The smallest absolute Gasteiger partial charge is 0.303 e. The van der Waals surface area contributed by atoms with Gasteiger partial charge in [0, 0.05) is 18.9 Å². The van der Waals surface area contributed by atoms with Gasteiger partial charge in [0.05, 0.1) is 0 Å². The molecular weight excluding hydrogens is 194 g/mol. The summed E-state index contributed by atoms with van der Waals surface area (Å²) in [7, 11) is 0. The van der Waals surface area contributed by atoms with Crippen molar-refractivity contribution in [3.8, 4) is 0 Å². The lowest BCUT2D eigenvalue weighted by Gasteiger charge is -2.14. The van der Waals surface area contributed by atoms with E-state index in [1.54, 1.807) is 0 Å². The van der Waals surface area contributed by atoms with Crippen molar-refractivity contribution in [2.24, 2.45) is 5.92 Å². The van der Waals surface area contributed by atoms with E-state index in [-0.39, 0.29) is 18.4 Å². The van der Waals surface area contributed by atoms with E-state index in [2.05, 4.69) is 5.32 Å². The largest absolute Gasteiger partial charge is 0.481 e. The molecule has 88 valence electrons. The summed E-state index contributed by atoms with van der Waals surface area (Å²) >= 11 is 0. The van der Waals surface area contributed by atoms with Crippen LogP contribution in [-0.2, 0) is 9.59 Å². The SMILES string of the molecule is CC(C)CC(=O)NC(C)CCCC(=O)O. The highest BCUT2D eigenvalue weighted by Crippen LogP contribution is 2.03. The van der Waals surface area contributed by atoms with Gasteiger partial charge in [-0.1, -0.05) is 13.8 Å². The molecule has 0 aliphatic heterocycles. The fourth-order valence-electron chi connectivity index (χ4n) is 1.34. The van der Waals surface area contributed by atoms with E-state index in [9.17, 15) is 9.59 Å². The minimum atomic E-state index is -0.782. The molecule has 1 amide bonds. The average Bonchev–Trinajstić information content (AvgIpc) is 2.00. The van der Waals surface area contributed by atoms with Crippen molar-refractivity contribution in [2.75, 3.05) is 0 Å². The highest BCUT2D eigenvalue weighted by atomic mass is 16.4. The van der Waals surface area contributed by atoms with Crippen LogP contribution in [0.4, 0.5) is 0 Å². The van der Waals surface area contributed by atoms with E-state index in [0.717, 1.165) is 6.42 Å². The Bertz CT molecular complexity index is 214. The van der Waals surface area contributed by atoms with Crippen molar-refractivity contribution >= 4 is 11.9 Å². The predicted octanol–water partition coefficient (Wildman–Crippen LogP) is 1.79. The van der Waals surface area contributed by atoms with E-state index in [0.29, 0.717) is 18.8 Å². The van der Waals surface area contributed by atoms with Crippen LogP contribution in [-0.4, -0.2) is 23.0 Å². The van der Waals surface area contributed by atoms with Gasteiger partial charge in [-0.05, 0) is 25.7 Å². The lowest BCUT2D eigenvalue weighted by atomic mass is 10.1. The molecule has 0 saturated heterocycles. The van der Waals surface area contributed by atoms with Gasteiger partial charge in [-0.25, -0.2) is 0 Å². The Kier molecular flexibility index (Phi) is 6.75. The van der Waals surface area contributed by atoms with Crippen molar-refractivity contribution in [1.82, 2.24) is 5.32 Å². The summed E-state index contributed by atoms with van der Waals surface area (Å²) < 4.78 is 0. The molecule has 1 atom stereocenters. The molecule has 1 unspecified atom stereocenters. The first kappa shape index (κ1) is 13.9. The Morgan fingerprint density at radius 3 is 2.33 bits per heavy atom. The van der Waals surface area contributed by atoms with Crippen LogP contribution < -0.4 is 5.32 Å². The Labute approximate surface area is 91.1 Å². The molecule has 0 heterocycles. The average molecular weight is 215 g/mol. The third kappa shape index (κ3) is 9.25. The summed E-state index contributed by atoms with van der Waals surface area (Å²) in [5.41, 5.74) is 0. The molecule has 0 radical (unpaired) electrons. The van der Waals surface area contributed by atoms with Crippen LogP contribution >= 0.6 is 0 Å². The summed E-state index contributed by atoms with van der Waals surface area (Å²) in [6.45, 7) is 5.89. The molecule has 4 heteroatoms. The monoisotopic (exact) mass is 215 g/mol. The number of nitrogens with one attached hydrogen (secondary N) is 1. The van der Waals surface area contributed by atoms with Gasteiger partial charge in [-0.2, -0.15) is 0 Å². The number of aliphatic carboxylic acids is 1. The predicted molar refractivity (Wildman–Crippen MR) is 58.5 cm³/mol. The van der Waals surface area contributed by atoms with Gasteiger partial charge in [0.15, 0.2) is 0 Å². The van der Waals surface area contributed by atoms with Gasteiger partial charge in [-0.3, -0.25) is 9.59 Å². The standard InChI is InChI=1S/C11H21NO3/c1-8(2)7-10(13)12-9(3)5-4-6-11(14)15/h8-9H,4-7H2,1-3H3,(H,12,13)(H,14,15). The quantitative estimate of drug-likeness (QED) is 0.680. The molecule has 0 aliphatic carbocycles. The Morgan fingerprint density at radius 2 is 1.87 bits per heavy atom. The fraction of sp³-hybridized carbons (Fsp3) is 0.818. The summed E-state index contributed by atoms with van der Waals surface area (Å²) in [6, 6.07) is 0.0654. The van der Waals surface area contributed by atoms with Crippen LogP contribution in [0.1, 0.15) is 46.5 Å². The van der Waals surface area contributed by atoms with E-state index in [4.69, 9.17) is 5.11 Å². The number of hydrogen-bond acceptors (Lipinski definition) is 2. The first-order chi connectivity index (χ1) is 6.91. The molecule has 0 aromatic rings. The maximum Gasteiger partial charge on any atom is 0.303 e. The summed E-state index contributed by atoms with van der Waals surface area (Å²) in [5, 5.41) is 11.3. The number of carboxylic acid groups (broad SMARTS) is 1. The zero-order valence-electron chi connectivity index (χ0n) is 9.75. The highest BCUT2D eigenvalue weighted by molar-refractivity contribution is 5.76. The molecule has 15 heavy (non-hydrogen) atoms. The Hall–Kier alpha value is -1.06. The second kappa shape index (κ2) is 7.26. The van der Waals surface area contributed by atoms with E-state index >= 15 is 0 Å². The third-order valence-electron chi connectivity index (χ3n) is 2.03. The maximum absolute atomic E-state index is 11.3. The lowest BCUT2D eigenvalue weighted by Crippen LogP contribution is -2.33. The normalized spacial score (nSPS) is 12.5. The maximum atomic E-state index is 11.3. The molecular formula is C11H21NO3. The molecule has 0 fully saturated rings. The lowest BCUT2D eigenvalue weighted by molar-refractivity contribution is -0.137. The molecule has 2 N–H and O–H groups in total. The number of carbonyl (C=O) groups excluding carboxylic acids is 1. The van der Waals surface area contributed by atoms with Crippen LogP contribution in [0.25, 0.3) is 0 Å². The fourth-order valence-corrected chi connectivity index (χ4v) is 1.34. The minimum Gasteiger partial charge on any atom is -0.481 e. The van der Waals surface area contributed by atoms with Gasteiger partial charge in [0.1, 0.15) is 0 Å². The second-order valence-electron chi connectivity index (χ2n) is 4.35. The summed E-state index contributed by atoms with van der Waals surface area (Å²) in [4.78, 5) is 21.6. The van der Waals surface area contributed by atoms with Crippen LogP contribution in [0.15, 0.2) is 0 Å².